The number of alkyl halides is 3. The number of thiazole rings is 1. The number of rotatable bonds is 7. The summed E-state index contributed by atoms with van der Waals surface area (Å²) in [6.45, 7) is 4.42. The fraction of sp³-hybridized carbons (Fsp3) is 0.174. The van der Waals surface area contributed by atoms with Crippen LogP contribution in [0.5, 0.6) is 0 Å². The van der Waals surface area contributed by atoms with E-state index in [1.54, 1.807) is 40.6 Å². The minimum atomic E-state index is -4.39. The number of carbonyl (C=O) groups is 1. The van der Waals surface area contributed by atoms with Crippen molar-refractivity contribution in [1.82, 2.24) is 9.88 Å². The highest BCUT2D eigenvalue weighted by atomic mass is 32.1. The minimum absolute atomic E-state index is 0.0707. The molecule has 0 unspecified atom stereocenters. The summed E-state index contributed by atoms with van der Waals surface area (Å²) in [7, 11) is 0. The lowest BCUT2D eigenvalue weighted by Gasteiger charge is -2.21. The molecule has 158 valence electrons. The van der Waals surface area contributed by atoms with E-state index in [1.165, 1.54) is 23.5 Å². The number of amides is 1. The van der Waals surface area contributed by atoms with Crippen molar-refractivity contribution in [2.45, 2.75) is 19.1 Å². The van der Waals surface area contributed by atoms with Crippen molar-refractivity contribution in [3.05, 3.63) is 89.0 Å². The Morgan fingerprint density at radius 3 is 2.42 bits per heavy atom. The number of carbonyl (C=O) groups excluding carboxylic acids is 1. The van der Waals surface area contributed by atoms with Gasteiger partial charge in [0, 0.05) is 24.0 Å². The summed E-state index contributed by atoms with van der Waals surface area (Å²) in [6.07, 6.45) is -2.68. The van der Waals surface area contributed by atoms with Gasteiger partial charge >= 0.3 is 6.18 Å². The average Bonchev–Trinajstić information content (AvgIpc) is 3.22. The number of hydrogen-bond donors (Lipinski definition) is 0. The van der Waals surface area contributed by atoms with Crippen LogP contribution in [0.1, 0.15) is 22.4 Å². The summed E-state index contributed by atoms with van der Waals surface area (Å²) in [6, 6.07) is 13.8. The van der Waals surface area contributed by atoms with E-state index in [1.807, 2.05) is 0 Å². The zero-order chi connectivity index (χ0) is 22.4. The van der Waals surface area contributed by atoms with Crippen LogP contribution in [0.4, 0.5) is 13.2 Å². The van der Waals surface area contributed by atoms with Crippen molar-refractivity contribution < 1.29 is 18.0 Å². The van der Waals surface area contributed by atoms with Gasteiger partial charge in [-0.2, -0.15) is 18.4 Å². The van der Waals surface area contributed by atoms with E-state index in [0.29, 0.717) is 34.9 Å². The van der Waals surface area contributed by atoms with Gasteiger partial charge in [-0.25, -0.2) is 4.98 Å². The van der Waals surface area contributed by atoms with Gasteiger partial charge in [0.15, 0.2) is 0 Å². The third-order valence-electron chi connectivity index (χ3n) is 4.50. The second kappa shape index (κ2) is 9.58. The first kappa shape index (κ1) is 22.2. The van der Waals surface area contributed by atoms with E-state index >= 15 is 0 Å². The summed E-state index contributed by atoms with van der Waals surface area (Å²) in [5.74, 6) is -0.145. The molecule has 3 aromatic rings. The smallest absolute Gasteiger partial charge is 0.334 e. The molecule has 1 heterocycles. The standard InChI is InChI=1S/C23H18F3N3OS/c1-2-11-29(14-17-5-3-16(13-27)4-6-17)21(30)12-20-15-31-22(28-20)18-7-9-19(10-8-18)23(24,25)26/h2-10,15H,1,11-12,14H2. The maximum atomic E-state index is 12.8. The molecule has 0 N–H and O–H groups in total. The monoisotopic (exact) mass is 441 g/mol. The second-order valence-corrected chi connectivity index (χ2v) is 7.63. The van der Waals surface area contributed by atoms with Crippen molar-refractivity contribution in [2.24, 2.45) is 0 Å². The van der Waals surface area contributed by atoms with Crippen LogP contribution in [0.2, 0.25) is 0 Å². The molecule has 0 saturated carbocycles. The maximum Gasteiger partial charge on any atom is 0.416 e. The summed E-state index contributed by atoms with van der Waals surface area (Å²) < 4.78 is 38.2. The lowest BCUT2D eigenvalue weighted by molar-refractivity contribution is -0.137. The molecule has 0 aliphatic rings. The van der Waals surface area contributed by atoms with Gasteiger partial charge in [0.2, 0.25) is 5.91 Å². The molecule has 0 bridgehead atoms. The van der Waals surface area contributed by atoms with Gasteiger partial charge in [-0.05, 0) is 29.8 Å². The van der Waals surface area contributed by atoms with Crippen LogP contribution in [-0.2, 0) is 23.9 Å². The predicted octanol–water partition coefficient (Wildman–Crippen LogP) is 5.46. The van der Waals surface area contributed by atoms with Crippen LogP contribution in [0, 0.1) is 11.3 Å². The van der Waals surface area contributed by atoms with Gasteiger partial charge in [0.25, 0.3) is 0 Å². The Kier molecular flexibility index (Phi) is 6.88. The van der Waals surface area contributed by atoms with Crippen molar-refractivity contribution >= 4 is 17.2 Å². The molecule has 0 spiro atoms. The van der Waals surface area contributed by atoms with Gasteiger partial charge in [-0.1, -0.05) is 30.3 Å². The molecule has 0 aliphatic carbocycles. The van der Waals surface area contributed by atoms with E-state index in [0.717, 1.165) is 17.7 Å². The number of nitrogens with zero attached hydrogens (tertiary/aromatic N) is 3. The van der Waals surface area contributed by atoms with Crippen molar-refractivity contribution in [3.63, 3.8) is 0 Å². The Bertz CT molecular complexity index is 1100. The van der Waals surface area contributed by atoms with E-state index in [9.17, 15) is 18.0 Å². The molecule has 0 saturated heterocycles. The van der Waals surface area contributed by atoms with E-state index in [-0.39, 0.29) is 12.3 Å². The van der Waals surface area contributed by atoms with Gasteiger partial charge in [0.1, 0.15) is 5.01 Å². The zero-order valence-electron chi connectivity index (χ0n) is 16.4. The summed E-state index contributed by atoms with van der Waals surface area (Å²) in [5.41, 5.74) is 1.84. The van der Waals surface area contributed by atoms with Crippen LogP contribution in [0.3, 0.4) is 0 Å². The molecule has 2 aromatic carbocycles. The highest BCUT2D eigenvalue weighted by Crippen LogP contribution is 2.31. The highest BCUT2D eigenvalue weighted by molar-refractivity contribution is 7.13. The Labute approximate surface area is 181 Å². The van der Waals surface area contributed by atoms with Crippen LogP contribution in [0.15, 0.2) is 66.6 Å². The number of halogens is 3. The van der Waals surface area contributed by atoms with Crippen LogP contribution in [-0.4, -0.2) is 22.3 Å². The molecule has 31 heavy (non-hydrogen) atoms. The highest BCUT2D eigenvalue weighted by Gasteiger charge is 2.30. The third kappa shape index (κ3) is 5.80. The summed E-state index contributed by atoms with van der Waals surface area (Å²) >= 11 is 1.28. The summed E-state index contributed by atoms with van der Waals surface area (Å²) in [5, 5.41) is 11.2. The second-order valence-electron chi connectivity index (χ2n) is 6.77. The molecule has 0 fully saturated rings. The number of hydrogen-bond acceptors (Lipinski definition) is 4. The predicted molar refractivity (Wildman–Crippen MR) is 113 cm³/mol. The zero-order valence-corrected chi connectivity index (χ0v) is 17.2. The van der Waals surface area contributed by atoms with Gasteiger partial charge in [0.05, 0.1) is 29.3 Å². The third-order valence-corrected chi connectivity index (χ3v) is 5.44. The van der Waals surface area contributed by atoms with Crippen LogP contribution in [0.25, 0.3) is 10.6 Å². The normalized spacial score (nSPS) is 11.0. The first-order valence-corrected chi connectivity index (χ1v) is 10.2. The van der Waals surface area contributed by atoms with Gasteiger partial charge < -0.3 is 4.90 Å². The largest absolute Gasteiger partial charge is 0.416 e. The van der Waals surface area contributed by atoms with E-state index < -0.39 is 11.7 Å². The topological polar surface area (TPSA) is 57.0 Å². The molecule has 0 aliphatic heterocycles. The minimum Gasteiger partial charge on any atom is -0.334 e. The van der Waals surface area contributed by atoms with Crippen molar-refractivity contribution in [2.75, 3.05) is 6.54 Å². The van der Waals surface area contributed by atoms with E-state index in [2.05, 4.69) is 17.6 Å². The maximum absolute atomic E-state index is 12.8. The fourth-order valence-electron chi connectivity index (χ4n) is 2.90. The Morgan fingerprint density at radius 1 is 1.16 bits per heavy atom. The quantitative estimate of drug-likeness (QED) is 0.458. The molecular weight excluding hydrogens is 423 g/mol. The average molecular weight is 441 g/mol. The number of nitriles is 1. The molecule has 0 atom stereocenters. The molecule has 8 heteroatoms. The van der Waals surface area contributed by atoms with E-state index in [4.69, 9.17) is 5.26 Å². The Balaban J connectivity index is 1.69. The fourth-order valence-corrected chi connectivity index (χ4v) is 3.73. The molecule has 4 nitrogen and oxygen atoms in total. The molecular formula is C23H18F3N3OS. The number of aromatic nitrogens is 1. The molecule has 0 radical (unpaired) electrons. The van der Waals surface area contributed by atoms with Crippen LogP contribution >= 0.6 is 11.3 Å². The lowest BCUT2D eigenvalue weighted by Crippen LogP contribution is -2.32. The number of benzene rings is 2. The first-order valence-electron chi connectivity index (χ1n) is 9.30. The van der Waals surface area contributed by atoms with Crippen molar-refractivity contribution in [1.29, 1.82) is 5.26 Å². The SMILES string of the molecule is C=CCN(Cc1ccc(C#N)cc1)C(=O)Cc1csc(-c2ccc(C(F)(F)F)cc2)n1. The molecule has 1 amide bonds. The van der Waals surface area contributed by atoms with Gasteiger partial charge in [-0.15, -0.1) is 17.9 Å². The molecule has 1 aromatic heterocycles. The summed E-state index contributed by atoms with van der Waals surface area (Å²) in [4.78, 5) is 18.8. The molecule has 3 rings (SSSR count). The van der Waals surface area contributed by atoms with Crippen molar-refractivity contribution in [3.8, 4) is 16.6 Å². The van der Waals surface area contributed by atoms with Crippen LogP contribution < -0.4 is 0 Å². The van der Waals surface area contributed by atoms with Gasteiger partial charge in [-0.3, -0.25) is 4.79 Å². The Hall–Kier alpha value is -3.44. The lowest BCUT2D eigenvalue weighted by atomic mass is 10.1. The Morgan fingerprint density at radius 2 is 1.84 bits per heavy atom. The first-order chi connectivity index (χ1) is 14.8.